The molecule has 102 valence electrons. The van der Waals surface area contributed by atoms with Gasteiger partial charge in [0.1, 0.15) is 13.3 Å². The zero-order valence-corrected chi connectivity index (χ0v) is 9.55. The van der Waals surface area contributed by atoms with E-state index in [1.165, 1.54) is 29.0 Å². The molecule has 19 heavy (non-hydrogen) atoms. The van der Waals surface area contributed by atoms with E-state index in [1.807, 2.05) is 0 Å². The number of ether oxygens (including phenoxy) is 1. The van der Waals surface area contributed by atoms with E-state index in [1.54, 1.807) is 6.07 Å². The number of nitro benzene ring substituents is 1. The summed E-state index contributed by atoms with van der Waals surface area (Å²) in [6.45, 7) is -1.60. The number of hydrogen-bond donors (Lipinski definition) is 0. The lowest BCUT2D eigenvalue weighted by Gasteiger charge is -2.09. The fourth-order valence-corrected chi connectivity index (χ4v) is 1.67. The molecule has 8 heteroatoms. The molecule has 0 atom stereocenters. The molecule has 0 saturated heterocycles. The number of fused-ring (bicyclic) bond motifs is 1. The molecule has 1 aromatic carbocycles. The first kappa shape index (κ1) is 13.3. The van der Waals surface area contributed by atoms with Crippen molar-refractivity contribution in [3.63, 3.8) is 0 Å². The normalized spacial score (nSPS) is 11.9. The lowest BCUT2D eigenvalue weighted by atomic mass is 10.2. The molecule has 1 aromatic heterocycles. The zero-order chi connectivity index (χ0) is 14.0. The van der Waals surface area contributed by atoms with Gasteiger partial charge in [-0.15, -0.1) is 0 Å². The van der Waals surface area contributed by atoms with Crippen molar-refractivity contribution >= 4 is 16.6 Å². The lowest BCUT2D eigenvalue weighted by molar-refractivity contribution is -0.384. The van der Waals surface area contributed by atoms with Crippen LogP contribution in [-0.4, -0.2) is 22.3 Å². The number of nitro groups is 1. The van der Waals surface area contributed by atoms with Crippen molar-refractivity contribution in [1.82, 2.24) is 4.57 Å². The van der Waals surface area contributed by atoms with Crippen LogP contribution >= 0.6 is 0 Å². The quantitative estimate of drug-likeness (QED) is 0.636. The summed E-state index contributed by atoms with van der Waals surface area (Å²) < 4.78 is 41.8. The number of non-ortho nitro benzene ring substituents is 1. The van der Waals surface area contributed by atoms with Crippen LogP contribution in [-0.2, 0) is 11.5 Å². The van der Waals surface area contributed by atoms with Crippen LogP contribution in [0.4, 0.5) is 18.9 Å². The summed E-state index contributed by atoms with van der Waals surface area (Å²) in [7, 11) is 0. The van der Waals surface area contributed by atoms with Crippen molar-refractivity contribution in [2.24, 2.45) is 0 Å². The monoisotopic (exact) mass is 274 g/mol. The SMILES string of the molecule is O=[N+]([O-])c1ccc2c(ccn2COCC(F)(F)F)c1. The van der Waals surface area contributed by atoms with Crippen molar-refractivity contribution in [2.75, 3.05) is 6.61 Å². The van der Waals surface area contributed by atoms with Crippen LogP contribution in [0.3, 0.4) is 0 Å². The van der Waals surface area contributed by atoms with E-state index in [4.69, 9.17) is 0 Å². The van der Waals surface area contributed by atoms with Crippen LogP contribution in [0.25, 0.3) is 10.9 Å². The van der Waals surface area contributed by atoms with Gasteiger partial charge in [-0.25, -0.2) is 0 Å². The lowest BCUT2D eigenvalue weighted by Crippen LogP contribution is -2.18. The van der Waals surface area contributed by atoms with E-state index in [9.17, 15) is 23.3 Å². The van der Waals surface area contributed by atoms with E-state index in [2.05, 4.69) is 4.74 Å². The Balaban J connectivity index is 2.15. The average Bonchev–Trinajstić information content (AvgIpc) is 2.70. The van der Waals surface area contributed by atoms with Crippen molar-refractivity contribution in [1.29, 1.82) is 0 Å². The third-order valence-electron chi connectivity index (χ3n) is 2.46. The highest BCUT2D eigenvalue weighted by atomic mass is 19.4. The first-order valence-electron chi connectivity index (χ1n) is 5.24. The molecule has 0 unspecified atom stereocenters. The summed E-state index contributed by atoms with van der Waals surface area (Å²) in [5, 5.41) is 11.2. The number of benzene rings is 1. The average molecular weight is 274 g/mol. The highest BCUT2D eigenvalue weighted by molar-refractivity contribution is 5.82. The molecule has 0 radical (unpaired) electrons. The Hall–Kier alpha value is -2.09. The molecular formula is C11H9F3N2O3. The molecule has 0 fully saturated rings. The summed E-state index contributed by atoms with van der Waals surface area (Å²) in [5.74, 6) is 0. The van der Waals surface area contributed by atoms with Gasteiger partial charge in [-0.3, -0.25) is 10.1 Å². The fourth-order valence-electron chi connectivity index (χ4n) is 1.67. The van der Waals surface area contributed by atoms with Crippen molar-refractivity contribution in [3.8, 4) is 0 Å². The maximum atomic E-state index is 11.9. The standard InChI is InChI=1S/C11H9F3N2O3/c12-11(13,14)6-19-7-15-4-3-8-5-9(16(17)18)1-2-10(8)15/h1-5H,6-7H2. The molecule has 0 spiro atoms. The van der Waals surface area contributed by atoms with E-state index < -0.39 is 17.7 Å². The first-order valence-corrected chi connectivity index (χ1v) is 5.24. The van der Waals surface area contributed by atoms with E-state index in [0.717, 1.165) is 0 Å². The number of halogens is 3. The van der Waals surface area contributed by atoms with Crippen LogP contribution in [0.15, 0.2) is 30.5 Å². The van der Waals surface area contributed by atoms with Gasteiger partial charge in [0.25, 0.3) is 5.69 Å². The van der Waals surface area contributed by atoms with E-state index >= 15 is 0 Å². The van der Waals surface area contributed by atoms with Gasteiger partial charge >= 0.3 is 6.18 Å². The topological polar surface area (TPSA) is 57.3 Å². The van der Waals surface area contributed by atoms with Crippen molar-refractivity contribution in [3.05, 3.63) is 40.6 Å². The maximum Gasteiger partial charge on any atom is 0.411 e. The molecule has 0 aliphatic heterocycles. The second-order valence-corrected chi connectivity index (χ2v) is 3.88. The van der Waals surface area contributed by atoms with Crippen LogP contribution < -0.4 is 0 Å². The molecule has 0 N–H and O–H groups in total. The fraction of sp³-hybridized carbons (Fsp3) is 0.273. The Morgan fingerprint density at radius 2 is 2.05 bits per heavy atom. The second kappa shape index (κ2) is 4.88. The van der Waals surface area contributed by atoms with Crippen LogP contribution in [0.5, 0.6) is 0 Å². The Bertz CT molecular complexity index is 607. The third kappa shape index (κ3) is 3.22. The summed E-state index contributed by atoms with van der Waals surface area (Å²) in [5.41, 5.74) is 0.509. The number of hydrogen-bond acceptors (Lipinski definition) is 3. The van der Waals surface area contributed by atoms with Gasteiger partial charge in [0, 0.05) is 23.7 Å². The van der Waals surface area contributed by atoms with Gasteiger partial charge < -0.3 is 9.30 Å². The third-order valence-corrected chi connectivity index (χ3v) is 2.46. The minimum Gasteiger partial charge on any atom is -0.351 e. The number of alkyl halides is 3. The van der Waals surface area contributed by atoms with E-state index in [0.29, 0.717) is 10.9 Å². The van der Waals surface area contributed by atoms with Crippen molar-refractivity contribution < 1.29 is 22.8 Å². The van der Waals surface area contributed by atoms with Gasteiger partial charge in [-0.05, 0) is 12.1 Å². The summed E-state index contributed by atoms with van der Waals surface area (Å²) >= 11 is 0. The molecule has 0 saturated carbocycles. The van der Waals surface area contributed by atoms with Crippen LogP contribution in [0.2, 0.25) is 0 Å². The Labute approximate surface area is 105 Å². The molecule has 1 heterocycles. The van der Waals surface area contributed by atoms with E-state index in [-0.39, 0.29) is 12.4 Å². The summed E-state index contributed by atoms with van der Waals surface area (Å²) in [6.07, 6.45) is -2.85. The predicted molar refractivity (Wildman–Crippen MR) is 60.6 cm³/mol. The predicted octanol–water partition coefficient (Wildman–Crippen LogP) is 3.09. The Kier molecular flexibility index (Phi) is 3.43. The Morgan fingerprint density at radius 3 is 2.68 bits per heavy atom. The van der Waals surface area contributed by atoms with Gasteiger partial charge in [0.05, 0.1) is 10.4 Å². The molecule has 0 bridgehead atoms. The van der Waals surface area contributed by atoms with Crippen LogP contribution in [0.1, 0.15) is 0 Å². The highest BCUT2D eigenvalue weighted by Gasteiger charge is 2.27. The van der Waals surface area contributed by atoms with Gasteiger partial charge in [-0.1, -0.05) is 0 Å². The minimum absolute atomic E-state index is 0.0681. The molecule has 5 nitrogen and oxygen atoms in total. The highest BCUT2D eigenvalue weighted by Crippen LogP contribution is 2.22. The minimum atomic E-state index is -4.37. The van der Waals surface area contributed by atoms with Crippen LogP contribution in [0, 0.1) is 10.1 Å². The van der Waals surface area contributed by atoms with Gasteiger partial charge in [0.15, 0.2) is 0 Å². The summed E-state index contributed by atoms with van der Waals surface area (Å²) in [4.78, 5) is 10.1. The molecule has 0 aliphatic carbocycles. The first-order chi connectivity index (χ1) is 8.87. The number of aromatic nitrogens is 1. The number of rotatable bonds is 4. The maximum absolute atomic E-state index is 11.9. The Morgan fingerprint density at radius 1 is 1.32 bits per heavy atom. The van der Waals surface area contributed by atoms with Crippen molar-refractivity contribution in [2.45, 2.75) is 12.9 Å². The largest absolute Gasteiger partial charge is 0.411 e. The zero-order valence-electron chi connectivity index (χ0n) is 9.55. The molecular weight excluding hydrogens is 265 g/mol. The smallest absolute Gasteiger partial charge is 0.351 e. The van der Waals surface area contributed by atoms with Gasteiger partial charge in [0.2, 0.25) is 0 Å². The molecule has 2 rings (SSSR count). The second-order valence-electron chi connectivity index (χ2n) is 3.88. The molecule has 0 amide bonds. The molecule has 2 aromatic rings. The number of nitrogens with zero attached hydrogens (tertiary/aromatic N) is 2. The van der Waals surface area contributed by atoms with Gasteiger partial charge in [-0.2, -0.15) is 13.2 Å². The molecule has 0 aliphatic rings. The summed E-state index contributed by atoms with van der Waals surface area (Å²) in [6, 6.07) is 5.71.